The minimum absolute atomic E-state index is 0.114. The standard InChI is InChI=1S/C23H24O12/c24-11-4-5-15(17-10(11)2-1-3-12(17)25)34-23-21(31)20(30)19(29)16(35-23)8-33-22(32)9-6-13(26)18(28)14(27)7-9/h1-3,6-7,15-16,19-21,23,25-31H,4-5,8H2/t15-,16+,19+,20-,21+,23+/m0/s1. The van der Waals surface area contributed by atoms with E-state index in [9.17, 15) is 45.3 Å². The monoisotopic (exact) mass is 492 g/mol. The number of fused-ring (bicyclic) bond motifs is 1. The molecule has 0 radical (unpaired) electrons. The summed E-state index contributed by atoms with van der Waals surface area (Å²) in [5.74, 6) is -3.75. The van der Waals surface area contributed by atoms with Crippen LogP contribution < -0.4 is 0 Å². The molecule has 12 nitrogen and oxygen atoms in total. The van der Waals surface area contributed by atoms with E-state index in [1.165, 1.54) is 18.2 Å². The van der Waals surface area contributed by atoms with Crippen LogP contribution in [0.15, 0.2) is 30.3 Å². The number of ketones is 1. The first-order valence-corrected chi connectivity index (χ1v) is 10.7. The van der Waals surface area contributed by atoms with Gasteiger partial charge in [0.15, 0.2) is 29.3 Å². The lowest BCUT2D eigenvalue weighted by Crippen LogP contribution is -2.59. The van der Waals surface area contributed by atoms with E-state index >= 15 is 0 Å². The number of esters is 1. The summed E-state index contributed by atoms with van der Waals surface area (Å²) in [6, 6.07) is 6.14. The minimum atomic E-state index is -1.74. The molecule has 2 aromatic rings. The number of Topliss-reactive ketones (excluding diaryl/α,β-unsaturated/α-hetero) is 1. The quantitative estimate of drug-likeness (QED) is 0.221. The molecule has 0 bridgehead atoms. The number of phenolic OH excluding ortho intramolecular Hbond substituents is 4. The van der Waals surface area contributed by atoms with Gasteiger partial charge in [-0.15, -0.1) is 0 Å². The number of phenols is 4. The molecule has 35 heavy (non-hydrogen) atoms. The Labute approximate surface area is 198 Å². The number of hydrogen-bond donors (Lipinski definition) is 7. The lowest BCUT2D eigenvalue weighted by Gasteiger charge is -2.41. The van der Waals surface area contributed by atoms with E-state index in [4.69, 9.17) is 14.2 Å². The van der Waals surface area contributed by atoms with Crippen LogP contribution in [0.2, 0.25) is 0 Å². The summed E-state index contributed by atoms with van der Waals surface area (Å²) in [6.07, 6.45) is -8.56. The van der Waals surface area contributed by atoms with Gasteiger partial charge in [0.25, 0.3) is 0 Å². The fraction of sp³-hybridized carbons (Fsp3) is 0.391. The summed E-state index contributed by atoms with van der Waals surface area (Å²) in [5, 5.41) is 69.7. The molecule has 2 aliphatic rings. The molecule has 1 aliphatic heterocycles. The molecule has 1 heterocycles. The highest BCUT2D eigenvalue weighted by atomic mass is 16.7. The van der Waals surface area contributed by atoms with Crippen molar-refractivity contribution in [2.75, 3.05) is 6.61 Å². The number of carbonyl (C=O) groups excluding carboxylic acids is 2. The summed E-state index contributed by atoms with van der Waals surface area (Å²) in [6.45, 7) is -0.614. The Balaban J connectivity index is 1.47. The van der Waals surface area contributed by atoms with Crippen molar-refractivity contribution >= 4 is 11.8 Å². The van der Waals surface area contributed by atoms with E-state index in [1.54, 1.807) is 0 Å². The van der Waals surface area contributed by atoms with Crippen LogP contribution in [0.1, 0.15) is 45.2 Å². The van der Waals surface area contributed by atoms with Gasteiger partial charge in [0.05, 0.1) is 11.7 Å². The van der Waals surface area contributed by atoms with Crippen molar-refractivity contribution in [2.45, 2.75) is 49.7 Å². The SMILES string of the molecule is O=C(OC[C@H]1O[C@@H](O[C@H]2CCC(=O)c3cccc(O)c32)[C@H](O)[C@@H](O)[C@@H]1O)c1cc(O)c(O)c(O)c1. The van der Waals surface area contributed by atoms with E-state index in [0.717, 1.165) is 12.1 Å². The maximum absolute atomic E-state index is 12.3. The summed E-state index contributed by atoms with van der Waals surface area (Å²) < 4.78 is 16.4. The van der Waals surface area contributed by atoms with Crippen molar-refractivity contribution in [3.63, 3.8) is 0 Å². The zero-order valence-corrected chi connectivity index (χ0v) is 18.1. The largest absolute Gasteiger partial charge is 0.508 e. The first-order chi connectivity index (χ1) is 16.6. The highest BCUT2D eigenvalue weighted by molar-refractivity contribution is 5.99. The number of hydrogen-bond acceptors (Lipinski definition) is 12. The van der Waals surface area contributed by atoms with Crippen LogP contribution in [0.3, 0.4) is 0 Å². The molecular weight excluding hydrogens is 468 g/mol. The number of rotatable bonds is 5. The highest BCUT2D eigenvalue weighted by Crippen LogP contribution is 2.40. The fourth-order valence-electron chi connectivity index (χ4n) is 4.10. The molecular formula is C23H24O12. The number of aliphatic hydroxyl groups excluding tert-OH is 3. The summed E-state index contributed by atoms with van der Waals surface area (Å²) in [5.41, 5.74) is 0.170. The molecule has 1 aliphatic carbocycles. The van der Waals surface area contributed by atoms with Crippen molar-refractivity contribution in [2.24, 2.45) is 0 Å². The second-order valence-electron chi connectivity index (χ2n) is 8.30. The zero-order valence-electron chi connectivity index (χ0n) is 18.1. The Bertz CT molecular complexity index is 1110. The van der Waals surface area contributed by atoms with E-state index < -0.39 is 66.6 Å². The minimum Gasteiger partial charge on any atom is -0.508 e. The molecule has 2 aromatic carbocycles. The van der Waals surface area contributed by atoms with Gasteiger partial charge in [-0.3, -0.25) is 4.79 Å². The number of benzene rings is 2. The van der Waals surface area contributed by atoms with Crippen LogP contribution in [0, 0.1) is 0 Å². The third-order valence-corrected chi connectivity index (χ3v) is 5.99. The number of carbonyl (C=O) groups is 2. The van der Waals surface area contributed by atoms with Gasteiger partial charge in [-0.05, 0) is 24.6 Å². The van der Waals surface area contributed by atoms with Crippen molar-refractivity contribution in [3.05, 3.63) is 47.0 Å². The van der Waals surface area contributed by atoms with Crippen LogP contribution in [0.25, 0.3) is 0 Å². The predicted octanol–water partition coefficient (Wildman–Crippen LogP) is 0.208. The van der Waals surface area contributed by atoms with Crippen LogP contribution in [0.5, 0.6) is 23.0 Å². The Morgan fingerprint density at radius 1 is 0.971 bits per heavy atom. The maximum Gasteiger partial charge on any atom is 0.338 e. The van der Waals surface area contributed by atoms with Gasteiger partial charge in [0.2, 0.25) is 0 Å². The third-order valence-electron chi connectivity index (χ3n) is 5.99. The van der Waals surface area contributed by atoms with E-state index in [2.05, 4.69) is 0 Å². The molecule has 7 N–H and O–H groups in total. The second kappa shape index (κ2) is 9.68. The topological polar surface area (TPSA) is 203 Å². The first kappa shape index (κ1) is 24.7. The molecule has 0 saturated carbocycles. The van der Waals surface area contributed by atoms with E-state index in [0.29, 0.717) is 0 Å². The smallest absolute Gasteiger partial charge is 0.338 e. The normalized spacial score (nSPS) is 28.4. The third kappa shape index (κ3) is 4.74. The summed E-state index contributed by atoms with van der Waals surface area (Å²) in [7, 11) is 0. The first-order valence-electron chi connectivity index (χ1n) is 10.7. The lowest BCUT2D eigenvalue weighted by molar-refractivity contribution is -0.312. The molecule has 4 rings (SSSR count). The van der Waals surface area contributed by atoms with Crippen LogP contribution in [-0.4, -0.2) is 84.8 Å². The Hall–Kier alpha value is -3.42. The number of ether oxygens (including phenoxy) is 3. The van der Waals surface area contributed by atoms with Gasteiger partial charge in [-0.2, -0.15) is 0 Å². The molecule has 0 aromatic heterocycles. The van der Waals surface area contributed by atoms with Crippen LogP contribution in [0.4, 0.5) is 0 Å². The van der Waals surface area contributed by atoms with Crippen molar-refractivity contribution in [1.82, 2.24) is 0 Å². The van der Waals surface area contributed by atoms with E-state index in [-0.39, 0.29) is 41.1 Å². The Morgan fingerprint density at radius 2 is 1.66 bits per heavy atom. The van der Waals surface area contributed by atoms with E-state index in [1.807, 2.05) is 0 Å². The Morgan fingerprint density at radius 3 is 2.34 bits per heavy atom. The van der Waals surface area contributed by atoms with Gasteiger partial charge in [-0.1, -0.05) is 12.1 Å². The van der Waals surface area contributed by atoms with Crippen LogP contribution >= 0.6 is 0 Å². The van der Waals surface area contributed by atoms with Crippen molar-refractivity contribution in [1.29, 1.82) is 0 Å². The number of aromatic hydroxyl groups is 4. The molecule has 1 saturated heterocycles. The summed E-state index contributed by atoms with van der Waals surface area (Å²) >= 11 is 0. The molecule has 0 unspecified atom stereocenters. The molecule has 0 spiro atoms. The van der Waals surface area contributed by atoms with Gasteiger partial charge in [0.1, 0.15) is 36.8 Å². The number of aliphatic hydroxyl groups is 3. The van der Waals surface area contributed by atoms with Crippen molar-refractivity contribution in [3.8, 4) is 23.0 Å². The van der Waals surface area contributed by atoms with Gasteiger partial charge >= 0.3 is 5.97 Å². The van der Waals surface area contributed by atoms with Gasteiger partial charge < -0.3 is 50.0 Å². The van der Waals surface area contributed by atoms with Gasteiger partial charge in [0, 0.05) is 17.5 Å². The Kier molecular flexibility index (Phi) is 6.83. The molecule has 6 atom stereocenters. The second-order valence-corrected chi connectivity index (χ2v) is 8.30. The zero-order chi connectivity index (χ0) is 25.4. The molecule has 1 fully saturated rings. The molecule has 0 amide bonds. The average molecular weight is 492 g/mol. The fourth-order valence-corrected chi connectivity index (χ4v) is 4.10. The predicted molar refractivity (Wildman–Crippen MR) is 114 cm³/mol. The average Bonchev–Trinajstić information content (AvgIpc) is 2.83. The molecule has 188 valence electrons. The lowest BCUT2D eigenvalue weighted by atomic mass is 9.87. The van der Waals surface area contributed by atoms with Crippen LogP contribution in [-0.2, 0) is 14.2 Å². The maximum atomic E-state index is 12.3. The summed E-state index contributed by atoms with van der Waals surface area (Å²) in [4.78, 5) is 24.5. The highest BCUT2D eigenvalue weighted by Gasteiger charge is 2.46. The molecule has 12 heteroatoms. The van der Waals surface area contributed by atoms with Crippen molar-refractivity contribution < 1.29 is 59.5 Å². The van der Waals surface area contributed by atoms with Gasteiger partial charge in [-0.25, -0.2) is 4.79 Å².